The zero-order valence-electron chi connectivity index (χ0n) is 6.31. The summed E-state index contributed by atoms with van der Waals surface area (Å²) in [6.45, 7) is 4.14. The van der Waals surface area contributed by atoms with Crippen LogP contribution < -0.4 is 5.32 Å². The van der Waals surface area contributed by atoms with E-state index in [0.717, 1.165) is 0 Å². The average molecular weight is 137 g/mol. The molecule has 3 nitrogen and oxygen atoms in total. The van der Waals surface area contributed by atoms with Gasteiger partial charge in [0.25, 0.3) is 0 Å². The van der Waals surface area contributed by atoms with Crippen LogP contribution in [-0.2, 0) is 0 Å². The standard InChI is InChI=1S/C7H11N3/c1-7(2,6-9)10-5-3-4-8/h10H,3,5H2,1-2H3. The summed E-state index contributed by atoms with van der Waals surface area (Å²) in [4.78, 5) is 0. The molecule has 0 amide bonds. The van der Waals surface area contributed by atoms with Crippen molar-refractivity contribution in [2.75, 3.05) is 6.54 Å². The molecular formula is C7H11N3. The zero-order chi connectivity index (χ0) is 8.04. The van der Waals surface area contributed by atoms with E-state index in [1.165, 1.54) is 0 Å². The Balaban J connectivity index is 3.52. The first-order valence-corrected chi connectivity index (χ1v) is 3.15. The van der Waals surface area contributed by atoms with Crippen molar-refractivity contribution in [3.8, 4) is 12.1 Å². The molecule has 0 aliphatic carbocycles. The van der Waals surface area contributed by atoms with Gasteiger partial charge in [0.05, 0.1) is 12.1 Å². The van der Waals surface area contributed by atoms with Crippen molar-refractivity contribution < 1.29 is 0 Å². The quantitative estimate of drug-likeness (QED) is 0.585. The number of hydrogen-bond acceptors (Lipinski definition) is 3. The van der Waals surface area contributed by atoms with Gasteiger partial charge in [0.2, 0.25) is 0 Å². The van der Waals surface area contributed by atoms with Crippen molar-refractivity contribution >= 4 is 0 Å². The molecule has 0 aromatic carbocycles. The summed E-state index contributed by atoms with van der Waals surface area (Å²) in [6.07, 6.45) is 0.450. The van der Waals surface area contributed by atoms with Gasteiger partial charge in [-0.3, -0.25) is 5.32 Å². The second kappa shape index (κ2) is 3.87. The van der Waals surface area contributed by atoms with E-state index in [2.05, 4.69) is 11.4 Å². The van der Waals surface area contributed by atoms with Crippen LogP contribution in [0.4, 0.5) is 0 Å². The Labute approximate surface area is 61.3 Å². The predicted octanol–water partition coefficient (Wildman–Crippen LogP) is 0.792. The largest absolute Gasteiger partial charge is 0.299 e. The molecule has 0 unspecified atom stereocenters. The highest BCUT2D eigenvalue weighted by atomic mass is 14.9. The first-order valence-electron chi connectivity index (χ1n) is 3.15. The fourth-order valence-electron chi connectivity index (χ4n) is 0.470. The van der Waals surface area contributed by atoms with E-state index in [4.69, 9.17) is 10.5 Å². The van der Waals surface area contributed by atoms with E-state index in [1.54, 1.807) is 13.8 Å². The van der Waals surface area contributed by atoms with Gasteiger partial charge in [0.15, 0.2) is 0 Å². The lowest BCUT2D eigenvalue weighted by Crippen LogP contribution is -2.37. The van der Waals surface area contributed by atoms with Crippen LogP contribution in [0.15, 0.2) is 0 Å². The van der Waals surface area contributed by atoms with Gasteiger partial charge < -0.3 is 0 Å². The molecule has 0 heterocycles. The van der Waals surface area contributed by atoms with Gasteiger partial charge in [-0.15, -0.1) is 0 Å². The number of nitrogens with zero attached hydrogens (tertiary/aromatic N) is 2. The lowest BCUT2D eigenvalue weighted by atomic mass is 10.1. The van der Waals surface area contributed by atoms with E-state index < -0.39 is 5.54 Å². The molecule has 10 heavy (non-hydrogen) atoms. The van der Waals surface area contributed by atoms with Gasteiger partial charge >= 0.3 is 0 Å². The highest BCUT2D eigenvalue weighted by molar-refractivity contribution is 5.00. The molecule has 0 aromatic rings. The Morgan fingerprint density at radius 3 is 2.40 bits per heavy atom. The van der Waals surface area contributed by atoms with Crippen LogP contribution >= 0.6 is 0 Å². The average Bonchev–Trinajstić information content (AvgIpc) is 1.89. The first kappa shape index (κ1) is 8.94. The van der Waals surface area contributed by atoms with Crippen molar-refractivity contribution in [3.63, 3.8) is 0 Å². The third kappa shape index (κ3) is 3.88. The Morgan fingerprint density at radius 2 is 2.00 bits per heavy atom. The van der Waals surface area contributed by atoms with Crippen LogP contribution in [0.2, 0.25) is 0 Å². The lowest BCUT2D eigenvalue weighted by Gasteiger charge is -2.15. The highest BCUT2D eigenvalue weighted by Gasteiger charge is 2.13. The molecule has 3 heteroatoms. The SMILES string of the molecule is CC(C)(C#N)NCCC#N. The van der Waals surface area contributed by atoms with E-state index in [-0.39, 0.29) is 0 Å². The van der Waals surface area contributed by atoms with Crippen LogP contribution in [-0.4, -0.2) is 12.1 Å². The summed E-state index contributed by atoms with van der Waals surface area (Å²) in [5, 5.41) is 19.6. The summed E-state index contributed by atoms with van der Waals surface area (Å²) in [6, 6.07) is 4.07. The second-order valence-corrected chi connectivity index (χ2v) is 2.57. The Hall–Kier alpha value is -1.06. The topological polar surface area (TPSA) is 59.6 Å². The van der Waals surface area contributed by atoms with Crippen LogP contribution in [0.1, 0.15) is 20.3 Å². The fraction of sp³-hybridized carbons (Fsp3) is 0.714. The minimum atomic E-state index is -0.503. The van der Waals surface area contributed by atoms with Crippen LogP contribution in [0.25, 0.3) is 0 Å². The maximum Gasteiger partial charge on any atom is 0.101 e. The smallest absolute Gasteiger partial charge is 0.101 e. The minimum absolute atomic E-state index is 0.450. The van der Waals surface area contributed by atoms with Gasteiger partial charge in [-0.1, -0.05) is 0 Å². The van der Waals surface area contributed by atoms with Crippen LogP contribution in [0.5, 0.6) is 0 Å². The normalized spacial score (nSPS) is 10.0. The Bertz CT molecular complexity index is 170. The molecule has 0 fully saturated rings. The molecule has 1 N–H and O–H groups in total. The van der Waals surface area contributed by atoms with Crippen molar-refractivity contribution in [3.05, 3.63) is 0 Å². The van der Waals surface area contributed by atoms with Crippen molar-refractivity contribution in [1.29, 1.82) is 10.5 Å². The number of nitriles is 2. The van der Waals surface area contributed by atoms with Crippen LogP contribution in [0.3, 0.4) is 0 Å². The van der Waals surface area contributed by atoms with E-state index in [9.17, 15) is 0 Å². The van der Waals surface area contributed by atoms with Gasteiger partial charge in [0.1, 0.15) is 5.54 Å². The molecule has 0 rings (SSSR count). The van der Waals surface area contributed by atoms with Gasteiger partial charge in [-0.25, -0.2) is 0 Å². The molecule has 54 valence electrons. The van der Waals surface area contributed by atoms with Crippen molar-refractivity contribution in [1.82, 2.24) is 5.32 Å². The molecule has 0 aliphatic rings. The molecule has 0 aromatic heterocycles. The molecule has 0 saturated carbocycles. The number of hydrogen-bond donors (Lipinski definition) is 1. The van der Waals surface area contributed by atoms with E-state index in [1.807, 2.05) is 6.07 Å². The third-order valence-electron chi connectivity index (χ3n) is 1.08. The summed E-state index contributed by atoms with van der Waals surface area (Å²) in [7, 11) is 0. The second-order valence-electron chi connectivity index (χ2n) is 2.57. The summed E-state index contributed by atoms with van der Waals surface area (Å²) >= 11 is 0. The monoisotopic (exact) mass is 137 g/mol. The maximum absolute atomic E-state index is 8.50. The van der Waals surface area contributed by atoms with Gasteiger partial charge in [-0.2, -0.15) is 10.5 Å². The number of nitrogens with one attached hydrogen (secondary N) is 1. The maximum atomic E-state index is 8.50. The highest BCUT2D eigenvalue weighted by Crippen LogP contribution is 1.97. The van der Waals surface area contributed by atoms with E-state index >= 15 is 0 Å². The Morgan fingerprint density at radius 1 is 1.40 bits per heavy atom. The molecule has 0 spiro atoms. The van der Waals surface area contributed by atoms with Crippen molar-refractivity contribution in [2.45, 2.75) is 25.8 Å². The van der Waals surface area contributed by atoms with Gasteiger partial charge in [-0.05, 0) is 13.8 Å². The molecule has 0 bridgehead atoms. The summed E-state index contributed by atoms with van der Waals surface area (Å²) in [5.41, 5.74) is -0.503. The van der Waals surface area contributed by atoms with Gasteiger partial charge in [0, 0.05) is 13.0 Å². The zero-order valence-corrected chi connectivity index (χ0v) is 6.31. The summed E-state index contributed by atoms with van der Waals surface area (Å²) in [5.74, 6) is 0. The molecule has 0 atom stereocenters. The Kier molecular flexibility index (Phi) is 3.46. The third-order valence-corrected chi connectivity index (χ3v) is 1.08. The summed E-state index contributed by atoms with van der Waals surface area (Å²) < 4.78 is 0. The molecule has 0 saturated heterocycles. The van der Waals surface area contributed by atoms with Crippen LogP contribution in [0, 0.1) is 22.7 Å². The predicted molar refractivity (Wildman–Crippen MR) is 37.9 cm³/mol. The molecular weight excluding hydrogens is 126 g/mol. The number of rotatable bonds is 3. The minimum Gasteiger partial charge on any atom is -0.299 e. The molecule has 0 aliphatic heterocycles. The fourth-order valence-corrected chi connectivity index (χ4v) is 0.470. The first-order chi connectivity index (χ1) is 4.62. The lowest BCUT2D eigenvalue weighted by molar-refractivity contribution is 0.493. The van der Waals surface area contributed by atoms with Crippen molar-refractivity contribution in [2.24, 2.45) is 0 Å². The van der Waals surface area contributed by atoms with E-state index in [0.29, 0.717) is 13.0 Å². The molecule has 0 radical (unpaired) electrons.